The molecule has 0 spiro atoms. The molecule has 9 heteroatoms. The highest BCUT2D eigenvalue weighted by molar-refractivity contribution is 5.61. The summed E-state index contributed by atoms with van der Waals surface area (Å²) in [5.41, 5.74) is 4.09. The molecule has 0 aliphatic carbocycles. The maximum Gasteiger partial charge on any atom is 0.163 e. The van der Waals surface area contributed by atoms with Gasteiger partial charge < -0.3 is 15.0 Å². The minimum Gasteiger partial charge on any atom is -0.497 e. The van der Waals surface area contributed by atoms with E-state index in [1.165, 1.54) is 12.0 Å². The number of rotatable bonds is 7. The molecule has 0 saturated carbocycles. The van der Waals surface area contributed by atoms with Gasteiger partial charge in [0.1, 0.15) is 17.4 Å². The van der Waals surface area contributed by atoms with E-state index in [9.17, 15) is 0 Å². The van der Waals surface area contributed by atoms with Crippen molar-refractivity contribution in [2.45, 2.75) is 38.9 Å². The van der Waals surface area contributed by atoms with E-state index < -0.39 is 0 Å². The van der Waals surface area contributed by atoms with Gasteiger partial charge in [0.2, 0.25) is 0 Å². The number of likely N-dealkylation sites (tertiary alicyclic amines) is 1. The van der Waals surface area contributed by atoms with Crippen molar-refractivity contribution in [3.8, 4) is 17.1 Å². The molecular formula is C27H30N8O. The topological polar surface area (TPSA) is 95.1 Å². The van der Waals surface area contributed by atoms with Crippen molar-refractivity contribution in [1.29, 1.82) is 0 Å². The van der Waals surface area contributed by atoms with E-state index in [-0.39, 0.29) is 0 Å². The van der Waals surface area contributed by atoms with Crippen molar-refractivity contribution in [3.63, 3.8) is 0 Å². The van der Waals surface area contributed by atoms with Gasteiger partial charge in [0, 0.05) is 67.0 Å². The lowest BCUT2D eigenvalue weighted by Crippen LogP contribution is -2.46. The Labute approximate surface area is 210 Å². The first-order valence-electron chi connectivity index (χ1n) is 12.3. The van der Waals surface area contributed by atoms with Gasteiger partial charge in [0.05, 0.1) is 7.11 Å². The predicted molar refractivity (Wildman–Crippen MR) is 140 cm³/mol. The molecule has 2 aliphatic heterocycles. The second-order valence-electron chi connectivity index (χ2n) is 9.66. The number of hydrogen-bond donors (Lipinski definition) is 2. The van der Waals surface area contributed by atoms with Gasteiger partial charge in [-0.3, -0.25) is 10.00 Å². The molecule has 36 heavy (non-hydrogen) atoms. The molecule has 2 atom stereocenters. The number of H-pyrrole nitrogens is 1. The fourth-order valence-corrected chi connectivity index (χ4v) is 5.25. The minimum absolute atomic E-state index is 0.495. The standard InChI is InChI=1S/C27H30N8O/c1-17-10-24(30-25-11-18(2)32-33-25)31-27(29-17)20-6-9-26(28-13-20)35-16-21-12-22(35)15-34(21)14-19-4-7-23(36-3)8-5-19/h4-11,13,21-22H,12,14-16H2,1-3H3,(H2,29,30,31,32,33). The van der Waals surface area contributed by atoms with Gasteiger partial charge in [0.25, 0.3) is 0 Å². The van der Waals surface area contributed by atoms with Crippen LogP contribution in [-0.2, 0) is 6.54 Å². The molecule has 2 saturated heterocycles. The van der Waals surface area contributed by atoms with Crippen LogP contribution in [0.5, 0.6) is 5.75 Å². The molecular weight excluding hydrogens is 452 g/mol. The zero-order valence-corrected chi connectivity index (χ0v) is 20.8. The molecule has 0 amide bonds. The quantitative estimate of drug-likeness (QED) is 0.407. The fourth-order valence-electron chi connectivity index (χ4n) is 5.25. The third-order valence-corrected chi connectivity index (χ3v) is 7.02. The van der Waals surface area contributed by atoms with Crippen LogP contribution in [0.3, 0.4) is 0 Å². The number of nitrogens with one attached hydrogen (secondary N) is 2. The van der Waals surface area contributed by atoms with Crippen molar-refractivity contribution in [2.24, 2.45) is 0 Å². The maximum absolute atomic E-state index is 5.28. The summed E-state index contributed by atoms with van der Waals surface area (Å²) in [4.78, 5) is 19.2. The Hall–Kier alpha value is -3.98. The molecule has 1 aromatic carbocycles. The molecule has 2 fully saturated rings. The summed E-state index contributed by atoms with van der Waals surface area (Å²) < 4.78 is 5.28. The summed E-state index contributed by atoms with van der Waals surface area (Å²) in [6, 6.07) is 17.5. The fraction of sp³-hybridized carbons (Fsp3) is 0.333. The van der Waals surface area contributed by atoms with Crippen molar-refractivity contribution in [2.75, 3.05) is 30.4 Å². The number of methoxy groups -OCH3 is 1. The number of anilines is 3. The zero-order valence-electron chi connectivity index (χ0n) is 20.8. The van der Waals surface area contributed by atoms with E-state index in [2.05, 4.69) is 54.6 Å². The first-order valence-corrected chi connectivity index (χ1v) is 12.3. The number of ether oxygens (including phenoxy) is 1. The van der Waals surface area contributed by atoms with Crippen LogP contribution in [0.4, 0.5) is 17.5 Å². The van der Waals surface area contributed by atoms with Gasteiger partial charge in [-0.05, 0) is 50.1 Å². The van der Waals surface area contributed by atoms with E-state index in [1.54, 1.807) is 7.11 Å². The van der Waals surface area contributed by atoms with E-state index in [0.717, 1.165) is 54.0 Å². The van der Waals surface area contributed by atoms with Crippen LogP contribution in [0.25, 0.3) is 11.4 Å². The number of aromatic amines is 1. The van der Waals surface area contributed by atoms with E-state index >= 15 is 0 Å². The van der Waals surface area contributed by atoms with E-state index in [0.29, 0.717) is 23.7 Å². The first kappa shape index (κ1) is 22.5. The maximum atomic E-state index is 5.28. The van der Waals surface area contributed by atoms with Crippen LogP contribution in [0.15, 0.2) is 54.7 Å². The van der Waals surface area contributed by atoms with Crippen molar-refractivity contribution < 1.29 is 4.74 Å². The lowest BCUT2D eigenvalue weighted by Gasteiger charge is -2.35. The lowest BCUT2D eigenvalue weighted by molar-refractivity contribution is 0.230. The first-order chi connectivity index (χ1) is 17.5. The molecule has 2 aliphatic rings. The summed E-state index contributed by atoms with van der Waals surface area (Å²) in [5, 5.41) is 10.4. The number of benzene rings is 1. The summed E-state index contributed by atoms with van der Waals surface area (Å²) in [6.07, 6.45) is 3.07. The molecule has 3 aromatic heterocycles. The Morgan fingerprint density at radius 3 is 2.53 bits per heavy atom. The Morgan fingerprint density at radius 1 is 1.00 bits per heavy atom. The Kier molecular flexibility index (Phi) is 5.77. The van der Waals surface area contributed by atoms with Crippen LogP contribution in [0.1, 0.15) is 23.4 Å². The molecule has 9 nitrogen and oxygen atoms in total. The average molecular weight is 483 g/mol. The highest BCUT2D eigenvalue weighted by atomic mass is 16.5. The van der Waals surface area contributed by atoms with E-state index in [1.807, 2.05) is 44.3 Å². The summed E-state index contributed by atoms with van der Waals surface area (Å²) in [5.74, 6) is 4.02. The Balaban J connectivity index is 1.12. The number of hydrogen-bond acceptors (Lipinski definition) is 8. The van der Waals surface area contributed by atoms with Gasteiger partial charge in [-0.1, -0.05) is 12.1 Å². The number of fused-ring (bicyclic) bond motifs is 2. The lowest BCUT2D eigenvalue weighted by atomic mass is 10.2. The minimum atomic E-state index is 0.495. The summed E-state index contributed by atoms with van der Waals surface area (Å²) >= 11 is 0. The number of pyridine rings is 1. The molecule has 2 unspecified atom stereocenters. The predicted octanol–water partition coefficient (Wildman–Crippen LogP) is 4.09. The highest BCUT2D eigenvalue weighted by Gasteiger charge is 2.43. The third kappa shape index (κ3) is 4.49. The molecule has 5 heterocycles. The summed E-state index contributed by atoms with van der Waals surface area (Å²) in [7, 11) is 1.70. The van der Waals surface area contributed by atoms with Crippen molar-refractivity contribution >= 4 is 17.5 Å². The monoisotopic (exact) mass is 482 g/mol. The molecule has 4 aromatic rings. The van der Waals surface area contributed by atoms with Crippen LogP contribution in [-0.4, -0.2) is 62.3 Å². The van der Waals surface area contributed by atoms with Crippen molar-refractivity contribution in [1.82, 2.24) is 30.0 Å². The van der Waals surface area contributed by atoms with Gasteiger partial charge in [-0.2, -0.15) is 5.10 Å². The molecule has 2 N–H and O–H groups in total. The van der Waals surface area contributed by atoms with Gasteiger partial charge in [0.15, 0.2) is 11.6 Å². The normalized spacial score (nSPS) is 19.1. The second kappa shape index (κ2) is 9.23. The molecule has 0 radical (unpaired) electrons. The average Bonchev–Trinajstić information content (AvgIpc) is 3.60. The molecule has 2 bridgehead atoms. The van der Waals surface area contributed by atoms with Crippen molar-refractivity contribution in [3.05, 3.63) is 71.7 Å². The Bertz CT molecular complexity index is 1350. The SMILES string of the molecule is COc1ccc(CN2CC3CC2CN3c2ccc(-c3nc(C)cc(Nc4cc(C)[nH]n4)n3)cn2)cc1. The molecule has 184 valence electrons. The number of piperazine rings is 1. The zero-order chi connectivity index (χ0) is 24.6. The van der Waals surface area contributed by atoms with Crippen LogP contribution >= 0.6 is 0 Å². The summed E-state index contributed by atoms with van der Waals surface area (Å²) in [6.45, 7) is 6.97. The number of aryl methyl sites for hydroxylation is 2. The Morgan fingerprint density at radius 2 is 1.86 bits per heavy atom. The second-order valence-corrected chi connectivity index (χ2v) is 9.66. The van der Waals surface area contributed by atoms with E-state index in [4.69, 9.17) is 14.7 Å². The smallest absolute Gasteiger partial charge is 0.163 e. The van der Waals surface area contributed by atoms with Gasteiger partial charge >= 0.3 is 0 Å². The largest absolute Gasteiger partial charge is 0.497 e. The van der Waals surface area contributed by atoms with Crippen LogP contribution in [0, 0.1) is 13.8 Å². The highest BCUT2D eigenvalue weighted by Crippen LogP contribution is 2.35. The van der Waals surface area contributed by atoms with Crippen LogP contribution in [0.2, 0.25) is 0 Å². The number of aromatic nitrogens is 5. The number of nitrogens with zero attached hydrogens (tertiary/aromatic N) is 6. The third-order valence-electron chi connectivity index (χ3n) is 7.02. The molecule has 6 rings (SSSR count). The van der Waals surface area contributed by atoms with Gasteiger partial charge in [-0.15, -0.1) is 0 Å². The van der Waals surface area contributed by atoms with Crippen LogP contribution < -0.4 is 15.0 Å². The van der Waals surface area contributed by atoms with Gasteiger partial charge in [-0.25, -0.2) is 15.0 Å².